The SMILES string of the molecule is Cc1ccc(/C=N\Nc2cccc3cccnc23)cc1. The maximum Gasteiger partial charge on any atom is 0.0951 e. The number of nitrogens with one attached hydrogen (secondary N) is 1. The Morgan fingerprint density at radius 3 is 2.65 bits per heavy atom. The highest BCUT2D eigenvalue weighted by atomic mass is 15.3. The Labute approximate surface area is 118 Å². The molecule has 0 bridgehead atoms. The summed E-state index contributed by atoms with van der Waals surface area (Å²) in [6.07, 6.45) is 3.60. The summed E-state index contributed by atoms with van der Waals surface area (Å²) < 4.78 is 0. The van der Waals surface area contributed by atoms with Crippen LogP contribution in [0.3, 0.4) is 0 Å². The lowest BCUT2D eigenvalue weighted by Gasteiger charge is -2.04. The van der Waals surface area contributed by atoms with Crippen molar-refractivity contribution in [3.63, 3.8) is 0 Å². The lowest BCUT2D eigenvalue weighted by atomic mass is 10.2. The Morgan fingerprint density at radius 2 is 1.80 bits per heavy atom. The largest absolute Gasteiger partial charge is 0.276 e. The standard InChI is InChI=1S/C17H15N3/c1-13-7-9-14(10-8-13)12-19-20-16-6-2-4-15-5-3-11-18-17(15)16/h2-12,20H,1H3/b19-12-. The number of hydrazone groups is 1. The summed E-state index contributed by atoms with van der Waals surface area (Å²) in [6, 6.07) is 18.2. The number of benzene rings is 2. The van der Waals surface area contributed by atoms with Crippen molar-refractivity contribution in [1.82, 2.24) is 4.98 Å². The van der Waals surface area contributed by atoms with Gasteiger partial charge in [0.25, 0.3) is 0 Å². The van der Waals surface area contributed by atoms with Gasteiger partial charge in [-0.05, 0) is 24.6 Å². The average molecular weight is 261 g/mol. The molecule has 0 fully saturated rings. The zero-order valence-corrected chi connectivity index (χ0v) is 11.2. The molecule has 0 atom stereocenters. The van der Waals surface area contributed by atoms with Crippen LogP contribution in [0.2, 0.25) is 0 Å². The van der Waals surface area contributed by atoms with E-state index in [2.05, 4.69) is 34.6 Å². The molecule has 98 valence electrons. The van der Waals surface area contributed by atoms with Gasteiger partial charge in [-0.1, -0.05) is 48.0 Å². The van der Waals surface area contributed by atoms with E-state index in [-0.39, 0.29) is 0 Å². The molecule has 0 saturated heterocycles. The predicted molar refractivity (Wildman–Crippen MR) is 84.1 cm³/mol. The van der Waals surface area contributed by atoms with Crippen LogP contribution in [0.4, 0.5) is 5.69 Å². The van der Waals surface area contributed by atoms with Crippen LogP contribution in [0.15, 0.2) is 65.9 Å². The van der Waals surface area contributed by atoms with Gasteiger partial charge in [0.05, 0.1) is 17.4 Å². The molecule has 0 radical (unpaired) electrons. The molecule has 0 aliphatic carbocycles. The van der Waals surface area contributed by atoms with Gasteiger partial charge < -0.3 is 0 Å². The summed E-state index contributed by atoms with van der Waals surface area (Å²) in [6.45, 7) is 2.07. The monoisotopic (exact) mass is 261 g/mol. The minimum Gasteiger partial charge on any atom is -0.276 e. The number of fused-ring (bicyclic) bond motifs is 1. The average Bonchev–Trinajstić information content (AvgIpc) is 2.49. The van der Waals surface area contributed by atoms with Crippen molar-refractivity contribution in [3.05, 3.63) is 71.9 Å². The molecule has 0 spiro atoms. The van der Waals surface area contributed by atoms with Crippen molar-refractivity contribution in [2.45, 2.75) is 6.92 Å². The molecule has 0 amide bonds. The summed E-state index contributed by atoms with van der Waals surface area (Å²) in [5.74, 6) is 0. The highest BCUT2D eigenvalue weighted by molar-refractivity contribution is 5.90. The first-order valence-corrected chi connectivity index (χ1v) is 6.52. The van der Waals surface area contributed by atoms with Gasteiger partial charge in [-0.25, -0.2) is 0 Å². The van der Waals surface area contributed by atoms with Gasteiger partial charge >= 0.3 is 0 Å². The highest BCUT2D eigenvalue weighted by Gasteiger charge is 1.99. The van der Waals surface area contributed by atoms with Crippen molar-refractivity contribution in [3.8, 4) is 0 Å². The molecule has 3 aromatic rings. The molecule has 2 aromatic carbocycles. The molecule has 20 heavy (non-hydrogen) atoms. The number of pyridine rings is 1. The van der Waals surface area contributed by atoms with Crippen LogP contribution in [0.5, 0.6) is 0 Å². The van der Waals surface area contributed by atoms with Gasteiger partial charge in [0.15, 0.2) is 0 Å². The van der Waals surface area contributed by atoms with Crippen LogP contribution in [-0.2, 0) is 0 Å². The molecule has 3 heteroatoms. The van der Waals surface area contributed by atoms with E-state index in [9.17, 15) is 0 Å². The minimum absolute atomic E-state index is 0.909. The molecule has 3 nitrogen and oxygen atoms in total. The van der Waals surface area contributed by atoms with Crippen LogP contribution in [0.25, 0.3) is 10.9 Å². The molecule has 0 aliphatic rings. The number of anilines is 1. The van der Waals surface area contributed by atoms with Crippen molar-refractivity contribution < 1.29 is 0 Å². The van der Waals surface area contributed by atoms with E-state index in [1.54, 1.807) is 12.4 Å². The molecule has 0 saturated carbocycles. The number of aryl methyl sites for hydroxylation is 1. The van der Waals surface area contributed by atoms with Crippen molar-refractivity contribution in [2.24, 2.45) is 5.10 Å². The van der Waals surface area contributed by atoms with Crippen molar-refractivity contribution >= 4 is 22.8 Å². The Morgan fingerprint density at radius 1 is 1.00 bits per heavy atom. The van der Waals surface area contributed by atoms with E-state index in [1.807, 2.05) is 42.5 Å². The summed E-state index contributed by atoms with van der Waals surface area (Å²) in [4.78, 5) is 4.38. The lowest BCUT2D eigenvalue weighted by Crippen LogP contribution is -1.93. The zero-order chi connectivity index (χ0) is 13.8. The van der Waals surface area contributed by atoms with Crippen LogP contribution in [-0.4, -0.2) is 11.2 Å². The van der Waals surface area contributed by atoms with Crippen molar-refractivity contribution in [2.75, 3.05) is 5.43 Å². The first-order chi connectivity index (χ1) is 9.83. The van der Waals surface area contributed by atoms with E-state index < -0.39 is 0 Å². The van der Waals surface area contributed by atoms with Gasteiger partial charge in [-0.3, -0.25) is 10.4 Å². The lowest BCUT2D eigenvalue weighted by molar-refractivity contribution is 1.33. The number of rotatable bonds is 3. The van der Waals surface area contributed by atoms with Gasteiger partial charge in [0, 0.05) is 11.6 Å². The molecule has 1 N–H and O–H groups in total. The predicted octanol–water partition coefficient (Wildman–Crippen LogP) is 3.99. The first-order valence-electron chi connectivity index (χ1n) is 6.52. The smallest absolute Gasteiger partial charge is 0.0951 e. The first kappa shape index (κ1) is 12.4. The fraction of sp³-hybridized carbons (Fsp3) is 0.0588. The molecular formula is C17H15N3. The quantitative estimate of drug-likeness (QED) is 0.571. The van der Waals surface area contributed by atoms with Crippen LogP contribution >= 0.6 is 0 Å². The topological polar surface area (TPSA) is 37.3 Å². The maximum absolute atomic E-state index is 4.38. The number of para-hydroxylation sites is 1. The normalized spacial score (nSPS) is 11.1. The second-order valence-corrected chi connectivity index (χ2v) is 4.66. The second kappa shape index (κ2) is 5.53. The fourth-order valence-corrected chi connectivity index (χ4v) is 2.02. The highest BCUT2D eigenvalue weighted by Crippen LogP contribution is 2.20. The minimum atomic E-state index is 0.909. The van der Waals surface area contributed by atoms with Crippen LogP contribution in [0.1, 0.15) is 11.1 Å². The Balaban J connectivity index is 1.81. The summed E-state index contributed by atoms with van der Waals surface area (Å²) >= 11 is 0. The summed E-state index contributed by atoms with van der Waals surface area (Å²) in [5.41, 5.74) is 7.20. The van der Waals surface area contributed by atoms with Crippen LogP contribution in [0, 0.1) is 6.92 Å². The third-order valence-corrected chi connectivity index (χ3v) is 3.11. The maximum atomic E-state index is 4.38. The van der Waals surface area contributed by atoms with Gasteiger partial charge in [-0.2, -0.15) is 5.10 Å². The molecular weight excluding hydrogens is 246 g/mol. The summed E-state index contributed by atoms with van der Waals surface area (Å²) in [7, 11) is 0. The number of nitrogens with zero attached hydrogens (tertiary/aromatic N) is 2. The molecule has 1 aromatic heterocycles. The number of hydrogen-bond donors (Lipinski definition) is 1. The van der Waals surface area contributed by atoms with E-state index >= 15 is 0 Å². The third kappa shape index (κ3) is 2.67. The van der Waals surface area contributed by atoms with Gasteiger partial charge in [-0.15, -0.1) is 0 Å². The zero-order valence-electron chi connectivity index (χ0n) is 11.2. The third-order valence-electron chi connectivity index (χ3n) is 3.11. The van der Waals surface area contributed by atoms with Crippen LogP contribution < -0.4 is 5.43 Å². The van der Waals surface area contributed by atoms with E-state index in [0.717, 1.165) is 22.2 Å². The fourth-order valence-electron chi connectivity index (χ4n) is 2.02. The Hall–Kier alpha value is -2.68. The van der Waals surface area contributed by atoms with Crippen molar-refractivity contribution in [1.29, 1.82) is 0 Å². The summed E-state index contributed by atoms with van der Waals surface area (Å²) in [5, 5.41) is 5.38. The number of aromatic nitrogens is 1. The molecule has 0 unspecified atom stereocenters. The number of hydrogen-bond acceptors (Lipinski definition) is 3. The van der Waals surface area contributed by atoms with E-state index in [0.29, 0.717) is 0 Å². The van der Waals surface area contributed by atoms with Gasteiger partial charge in [0.2, 0.25) is 0 Å². The molecule has 3 rings (SSSR count). The molecule has 1 heterocycles. The Kier molecular flexibility index (Phi) is 3.42. The second-order valence-electron chi connectivity index (χ2n) is 4.66. The molecule has 0 aliphatic heterocycles. The van der Waals surface area contributed by atoms with E-state index in [1.165, 1.54) is 5.56 Å². The van der Waals surface area contributed by atoms with E-state index in [4.69, 9.17) is 0 Å². The Bertz CT molecular complexity index is 740. The van der Waals surface area contributed by atoms with Gasteiger partial charge in [0.1, 0.15) is 0 Å².